The van der Waals surface area contributed by atoms with Crippen molar-refractivity contribution in [3.8, 4) is 17.2 Å². The highest BCUT2D eigenvalue weighted by Gasteiger charge is 2.15. The highest BCUT2D eigenvalue weighted by atomic mass is 16.6. The summed E-state index contributed by atoms with van der Waals surface area (Å²) in [7, 11) is 0. The van der Waals surface area contributed by atoms with E-state index in [1.54, 1.807) is 48.5 Å². The Morgan fingerprint density at radius 2 is 0.756 bits per heavy atom. The predicted octanol–water partition coefficient (Wildman–Crippen LogP) is 7.33. The summed E-state index contributed by atoms with van der Waals surface area (Å²) in [6, 6.07) is 18.6. The van der Waals surface area contributed by atoms with Crippen LogP contribution in [0.5, 0.6) is 17.2 Å². The molecule has 3 rings (SSSR count). The Hall–Kier alpha value is -7.67. The molecule has 3 aromatic carbocycles. The van der Waals surface area contributed by atoms with Gasteiger partial charge in [0.1, 0.15) is 28.4 Å². The van der Waals surface area contributed by atoms with Gasteiger partial charge in [-0.15, -0.1) is 0 Å². The van der Waals surface area contributed by atoms with E-state index in [0.717, 1.165) is 38.5 Å². The van der Waals surface area contributed by atoms with Gasteiger partial charge in [-0.1, -0.05) is 116 Å². The zero-order valence-corrected chi connectivity index (χ0v) is 51.0. The third-order valence-electron chi connectivity index (χ3n) is 10.2. The predicted molar refractivity (Wildman–Crippen MR) is 340 cm³/mol. The minimum atomic E-state index is -1.11. The smallest absolute Gasteiger partial charge is 0.407 e. The molecule has 0 radical (unpaired) electrons. The first-order chi connectivity index (χ1) is 41.5. The second-order valence-corrected chi connectivity index (χ2v) is 18.7. The van der Waals surface area contributed by atoms with Gasteiger partial charge in [0, 0.05) is 58.8 Å². The maximum Gasteiger partial charge on any atom is 0.407 e. The fourth-order valence-corrected chi connectivity index (χ4v) is 6.14. The summed E-state index contributed by atoms with van der Waals surface area (Å²) in [5, 5.41) is 47.1. The van der Waals surface area contributed by atoms with E-state index in [9.17, 15) is 34.2 Å². The van der Waals surface area contributed by atoms with Crippen molar-refractivity contribution in [1.29, 1.82) is 0 Å². The number of alkyl carbamates (subject to hydrolysis) is 1. The number of ether oxygens (including phenoxy) is 5. The molecule has 4 amide bonds. The monoisotopic (exact) mass is 1200 g/mol. The molecule has 0 unspecified atom stereocenters. The number of allylic oxidation sites excluding steroid dienone is 12. The Balaban J connectivity index is 0. The Bertz CT molecular complexity index is 2400. The molecular formula is C64H100N8O14. The van der Waals surface area contributed by atoms with Crippen LogP contribution in [0, 0.1) is 0 Å². The number of hydrogen-bond donors (Lipinski definition) is 12. The highest BCUT2D eigenvalue weighted by Crippen LogP contribution is 2.16. The normalized spacial score (nSPS) is 11.1. The van der Waals surface area contributed by atoms with E-state index in [1.807, 2.05) is 26.8 Å². The van der Waals surface area contributed by atoms with E-state index < -0.39 is 17.7 Å². The van der Waals surface area contributed by atoms with Crippen molar-refractivity contribution < 1.29 is 68.1 Å². The van der Waals surface area contributed by atoms with Gasteiger partial charge in [-0.05, 0) is 102 Å². The number of phenols is 3. The van der Waals surface area contributed by atoms with E-state index in [0.29, 0.717) is 118 Å². The molecule has 0 spiro atoms. The van der Waals surface area contributed by atoms with E-state index in [1.165, 1.54) is 24.3 Å². The number of rotatable bonds is 37. The minimum Gasteiger partial charge on any atom is -0.507 e. The van der Waals surface area contributed by atoms with Crippen molar-refractivity contribution in [3.05, 3.63) is 162 Å². The number of hydrogen-bond acceptors (Lipinski definition) is 17. The first-order valence-corrected chi connectivity index (χ1v) is 28.9. The summed E-state index contributed by atoms with van der Waals surface area (Å²) in [6.45, 7) is 15.1. The van der Waals surface area contributed by atoms with Crippen molar-refractivity contribution in [2.24, 2.45) is 22.9 Å². The quantitative estimate of drug-likeness (QED) is 0.0198. The van der Waals surface area contributed by atoms with Gasteiger partial charge >= 0.3 is 12.1 Å². The van der Waals surface area contributed by atoms with Gasteiger partial charge in [0.15, 0.2) is 0 Å². The average Bonchev–Trinajstić information content (AvgIpc) is 3.55. The zero-order valence-electron chi connectivity index (χ0n) is 51.0. The molecule has 0 saturated carbocycles. The molecule has 0 aliphatic rings. The van der Waals surface area contributed by atoms with Gasteiger partial charge < -0.3 is 88.3 Å². The molecule has 0 atom stereocenters. The van der Waals surface area contributed by atoms with Crippen molar-refractivity contribution in [3.63, 3.8) is 0 Å². The maximum atomic E-state index is 12.0. The largest absolute Gasteiger partial charge is 0.507 e. The number of phenolic OH excluding ortho intramolecular Hbond substituents is 2. The summed E-state index contributed by atoms with van der Waals surface area (Å²) in [6.07, 6.45) is 32.5. The number of nitrogens with one attached hydrogen (secondary N) is 4. The molecule has 0 aliphatic carbocycles. The molecule has 0 aromatic heterocycles. The van der Waals surface area contributed by atoms with Gasteiger partial charge in [0.2, 0.25) is 5.91 Å². The van der Waals surface area contributed by atoms with Crippen LogP contribution < -0.4 is 44.2 Å². The van der Waals surface area contributed by atoms with Gasteiger partial charge in [0.25, 0.3) is 11.8 Å². The maximum absolute atomic E-state index is 12.0. The lowest BCUT2D eigenvalue weighted by atomic mass is 10.2. The molecule has 0 heterocycles. The van der Waals surface area contributed by atoms with Crippen molar-refractivity contribution >= 4 is 29.8 Å². The van der Waals surface area contributed by atoms with Crippen molar-refractivity contribution in [1.82, 2.24) is 21.3 Å². The Morgan fingerprint density at radius 3 is 1.09 bits per heavy atom. The van der Waals surface area contributed by atoms with Crippen LogP contribution in [0.1, 0.15) is 110 Å². The number of benzene rings is 3. The average molecular weight is 1210 g/mol. The Morgan fingerprint density at radius 1 is 0.442 bits per heavy atom. The summed E-state index contributed by atoms with van der Waals surface area (Å²) in [5.41, 5.74) is 20.6. The molecule has 0 fully saturated rings. The van der Waals surface area contributed by atoms with Crippen LogP contribution in [0.2, 0.25) is 0 Å². The molecule has 86 heavy (non-hydrogen) atoms. The summed E-state index contributed by atoms with van der Waals surface area (Å²) >= 11 is 0. The lowest BCUT2D eigenvalue weighted by Crippen LogP contribution is -2.34. The van der Waals surface area contributed by atoms with Crippen molar-refractivity contribution in [2.75, 3.05) is 105 Å². The number of carboxylic acid groups (broad SMARTS) is 1. The second kappa shape index (κ2) is 57.7. The molecule has 22 nitrogen and oxygen atoms in total. The van der Waals surface area contributed by atoms with Crippen LogP contribution in [0.15, 0.2) is 146 Å². The molecule has 0 saturated heterocycles. The SMILES string of the molecule is CC(C)(C)OC(=O)NCCOCCN.CC/C=C\C/C=C\C/C=C\C/C=C\C/C=C\C/C=C\CCC(=O)NCCOCCNC(=O)c1ccccc1O.NCCOCCN.NCCOCCNC(=O)c1ccccc1O.O=C(O)c1ccccc1O. The first-order valence-electron chi connectivity index (χ1n) is 28.9. The third-order valence-corrected chi connectivity index (χ3v) is 10.2. The van der Waals surface area contributed by atoms with E-state index >= 15 is 0 Å². The molecule has 0 aliphatic heterocycles. The first kappa shape index (κ1) is 80.4. The second-order valence-electron chi connectivity index (χ2n) is 18.7. The third kappa shape index (κ3) is 51.9. The summed E-state index contributed by atoms with van der Waals surface area (Å²) in [4.78, 5) is 56.7. The Kier molecular flexibility index (Phi) is 54.0. The molecule has 0 bridgehead atoms. The number of aromatic carboxylic acids is 1. The number of carbonyl (C=O) groups excluding carboxylic acids is 4. The number of nitrogens with two attached hydrogens (primary N) is 4. The summed E-state index contributed by atoms with van der Waals surface area (Å²) < 4.78 is 25.5. The standard InChI is InChI=1S/C33H46N2O4.C11H16N2O3.C9H20N2O3.C7H6O3.C4H12N2O/c1-2-3-4-5-6-7-8-9-10-11-12-13-14-15-16-17-18-19-20-25-32(37)34-26-28-39-29-27-35-33(38)30-23-21-22-24-31(30)36;12-5-7-16-8-6-13-11(15)9-3-1-2-4-10(9)14;1-9(2,3)14-8(12)11-5-7-13-6-4-10;8-6-4-2-1-3-5(6)7(9)10;5-1-3-7-4-2-6/h3-4,6-7,9-10,12-13,15-16,18-19,21-24,36H,2,5,8,11,14,17,20,25-29H2,1H3,(H,34,37)(H,35,38);1-4,14H,5-8,12H2,(H,13,15);4-7,10H2,1-3H3,(H,11,12);1-4,8H,(H,9,10);1-6H2/b4-3-,7-6-,10-9-,13-12-,16-15-,19-18-;;;;. The number of aromatic hydroxyl groups is 3. The van der Waals surface area contributed by atoms with Gasteiger partial charge in [-0.25, -0.2) is 9.59 Å². The van der Waals surface area contributed by atoms with E-state index in [2.05, 4.69) is 95.0 Å². The van der Waals surface area contributed by atoms with Gasteiger partial charge in [0.05, 0.1) is 64.0 Å². The topological polar surface area (TPSA) is 365 Å². The highest BCUT2D eigenvalue weighted by molar-refractivity contribution is 5.97. The van der Waals surface area contributed by atoms with Crippen LogP contribution in [0.4, 0.5) is 4.79 Å². The lowest BCUT2D eigenvalue weighted by molar-refractivity contribution is -0.121. The number of carboxylic acids is 1. The fraction of sp³-hybridized carbons (Fsp3) is 0.453. The van der Waals surface area contributed by atoms with Crippen LogP contribution in [0.25, 0.3) is 0 Å². The van der Waals surface area contributed by atoms with Gasteiger partial charge in [-0.3, -0.25) is 14.4 Å². The van der Waals surface area contributed by atoms with Crippen LogP contribution in [0.3, 0.4) is 0 Å². The number of amides is 4. The molecular weight excluding hydrogens is 1100 g/mol. The zero-order chi connectivity index (χ0) is 64.2. The van der Waals surface area contributed by atoms with Crippen LogP contribution in [-0.4, -0.2) is 161 Å². The van der Waals surface area contributed by atoms with E-state index in [4.69, 9.17) is 56.8 Å². The van der Waals surface area contributed by atoms with Crippen LogP contribution >= 0.6 is 0 Å². The molecule has 22 heteroatoms. The number of carbonyl (C=O) groups is 5. The molecule has 480 valence electrons. The fourth-order valence-electron chi connectivity index (χ4n) is 6.14. The van der Waals surface area contributed by atoms with Crippen LogP contribution in [-0.2, 0) is 28.5 Å². The van der Waals surface area contributed by atoms with Gasteiger partial charge in [-0.2, -0.15) is 0 Å². The molecule has 16 N–H and O–H groups in total. The van der Waals surface area contributed by atoms with Crippen molar-refractivity contribution in [2.45, 2.75) is 84.7 Å². The number of para-hydroxylation sites is 3. The lowest BCUT2D eigenvalue weighted by Gasteiger charge is -2.19. The summed E-state index contributed by atoms with van der Waals surface area (Å²) in [5.74, 6) is -2.06. The Labute approximate surface area is 509 Å². The van der Waals surface area contributed by atoms with E-state index in [-0.39, 0.29) is 51.7 Å². The molecule has 3 aromatic rings. The minimum absolute atomic E-state index is 0.00835.